The van der Waals surface area contributed by atoms with Crippen molar-refractivity contribution < 1.29 is 9.32 Å². The lowest BCUT2D eigenvalue weighted by Crippen LogP contribution is -2.11. The molecule has 3 aromatic heterocycles. The second-order valence-corrected chi connectivity index (χ2v) is 6.24. The van der Waals surface area contributed by atoms with Gasteiger partial charge in [0.15, 0.2) is 0 Å². The Morgan fingerprint density at radius 1 is 1.21 bits per heavy atom. The highest BCUT2D eigenvalue weighted by molar-refractivity contribution is 7.19. The minimum atomic E-state index is -0.422. The van der Waals surface area contributed by atoms with Crippen molar-refractivity contribution in [1.29, 1.82) is 0 Å². The van der Waals surface area contributed by atoms with Gasteiger partial charge < -0.3 is 9.42 Å². The lowest BCUT2D eigenvalue weighted by molar-refractivity contribution is 0.0990. The monoisotopic (exact) mass is 340 g/mol. The summed E-state index contributed by atoms with van der Waals surface area (Å²) >= 11 is 1.27. The Bertz CT molecular complexity index is 1050. The van der Waals surface area contributed by atoms with E-state index < -0.39 is 5.91 Å². The molecule has 0 saturated heterocycles. The molecule has 1 amide bonds. The van der Waals surface area contributed by atoms with Crippen molar-refractivity contribution >= 4 is 49.3 Å². The summed E-state index contributed by atoms with van der Waals surface area (Å²) in [4.78, 5) is 18.6. The van der Waals surface area contributed by atoms with E-state index in [2.05, 4.69) is 25.7 Å². The normalized spacial score (nSPS) is 11.1. The number of nitrogens with one attached hydrogen (secondary N) is 1. The Morgan fingerprint density at radius 2 is 2.08 bits per heavy atom. The van der Waals surface area contributed by atoms with Crippen LogP contribution in [0.4, 0.5) is 10.3 Å². The van der Waals surface area contributed by atoms with Gasteiger partial charge >= 0.3 is 0 Å². The van der Waals surface area contributed by atoms with E-state index in [1.54, 1.807) is 12.3 Å². The van der Waals surface area contributed by atoms with Crippen LogP contribution >= 0.6 is 11.3 Å². The number of aromatic nitrogens is 4. The lowest BCUT2D eigenvalue weighted by Gasteiger charge is -2.03. The van der Waals surface area contributed by atoms with Crippen LogP contribution in [0.5, 0.6) is 0 Å². The number of amides is 1. The first kappa shape index (κ1) is 14.5. The van der Waals surface area contributed by atoms with E-state index >= 15 is 0 Å². The molecule has 9 heteroatoms. The number of rotatable bonds is 3. The predicted molar refractivity (Wildman–Crippen MR) is 91.5 cm³/mol. The smallest absolute Gasteiger partial charge is 0.296 e. The molecule has 0 bridgehead atoms. The Labute approximate surface area is 140 Å². The van der Waals surface area contributed by atoms with Crippen molar-refractivity contribution in [3.05, 3.63) is 36.2 Å². The minimum Gasteiger partial charge on any atom is -0.353 e. The molecule has 1 N–H and O–H groups in total. The molecule has 0 aliphatic rings. The van der Waals surface area contributed by atoms with Crippen LogP contribution in [0.2, 0.25) is 0 Å². The summed E-state index contributed by atoms with van der Waals surface area (Å²) in [6, 6.07) is 7.46. The second kappa shape index (κ2) is 5.53. The van der Waals surface area contributed by atoms with Gasteiger partial charge in [0, 0.05) is 25.7 Å². The summed E-state index contributed by atoms with van der Waals surface area (Å²) in [5, 5.41) is 17.2. The highest BCUT2D eigenvalue weighted by atomic mass is 32.1. The molecule has 0 radical (unpaired) electrons. The summed E-state index contributed by atoms with van der Waals surface area (Å²) in [5.41, 5.74) is 1.26. The number of nitrogens with zero attached hydrogens (tertiary/aromatic N) is 5. The highest BCUT2D eigenvalue weighted by Crippen LogP contribution is 2.27. The molecule has 0 aliphatic carbocycles. The van der Waals surface area contributed by atoms with Crippen LogP contribution in [0.25, 0.3) is 21.8 Å². The van der Waals surface area contributed by atoms with Crippen molar-refractivity contribution in [3.8, 4) is 0 Å². The van der Waals surface area contributed by atoms with Crippen LogP contribution in [0.15, 0.2) is 35.0 Å². The van der Waals surface area contributed by atoms with Crippen molar-refractivity contribution in [1.82, 2.24) is 20.3 Å². The van der Waals surface area contributed by atoms with E-state index in [-0.39, 0.29) is 5.76 Å². The zero-order chi connectivity index (χ0) is 16.7. The number of fused-ring (bicyclic) bond motifs is 3. The molecule has 0 unspecified atom stereocenters. The third-order valence-corrected chi connectivity index (χ3v) is 4.45. The van der Waals surface area contributed by atoms with E-state index in [0.29, 0.717) is 26.7 Å². The largest absolute Gasteiger partial charge is 0.353 e. The molecule has 0 aliphatic heterocycles. The molecule has 24 heavy (non-hydrogen) atoms. The Balaban J connectivity index is 1.70. The van der Waals surface area contributed by atoms with Gasteiger partial charge in [-0.3, -0.25) is 15.1 Å². The van der Waals surface area contributed by atoms with E-state index in [9.17, 15) is 4.79 Å². The van der Waals surface area contributed by atoms with Gasteiger partial charge in [-0.25, -0.2) is 0 Å². The van der Waals surface area contributed by atoms with Gasteiger partial charge in [-0.15, -0.1) is 10.2 Å². The lowest BCUT2D eigenvalue weighted by atomic mass is 10.1. The number of hydrogen-bond donors (Lipinski definition) is 1. The van der Waals surface area contributed by atoms with Gasteiger partial charge in [0.1, 0.15) is 5.52 Å². The summed E-state index contributed by atoms with van der Waals surface area (Å²) in [5.74, 6) is -0.298. The molecule has 4 rings (SSSR count). The Kier molecular flexibility index (Phi) is 3.35. The summed E-state index contributed by atoms with van der Waals surface area (Å²) in [7, 11) is 3.71. The molecule has 3 heterocycles. The van der Waals surface area contributed by atoms with Gasteiger partial charge in [0.05, 0.1) is 10.9 Å². The highest BCUT2D eigenvalue weighted by Gasteiger charge is 2.20. The maximum atomic E-state index is 12.5. The third-order valence-electron chi connectivity index (χ3n) is 3.44. The van der Waals surface area contributed by atoms with Gasteiger partial charge in [0.25, 0.3) is 5.91 Å². The summed E-state index contributed by atoms with van der Waals surface area (Å²) in [6.45, 7) is 0. The topological polar surface area (TPSA) is 97.0 Å². The average molecular weight is 340 g/mol. The summed E-state index contributed by atoms with van der Waals surface area (Å²) in [6.07, 6.45) is 1.68. The molecular weight excluding hydrogens is 328 g/mol. The van der Waals surface area contributed by atoms with Crippen molar-refractivity contribution in [2.45, 2.75) is 0 Å². The van der Waals surface area contributed by atoms with Gasteiger partial charge in [-0.1, -0.05) is 28.6 Å². The van der Waals surface area contributed by atoms with Crippen molar-refractivity contribution in [2.24, 2.45) is 0 Å². The quantitative estimate of drug-likeness (QED) is 0.612. The maximum absolute atomic E-state index is 12.5. The zero-order valence-electron chi connectivity index (χ0n) is 12.8. The van der Waals surface area contributed by atoms with Crippen molar-refractivity contribution in [2.75, 3.05) is 24.3 Å². The number of pyridine rings is 1. The van der Waals surface area contributed by atoms with Crippen LogP contribution in [0.3, 0.4) is 0 Å². The van der Waals surface area contributed by atoms with Crippen LogP contribution < -0.4 is 10.2 Å². The first-order chi connectivity index (χ1) is 11.6. The molecule has 4 aromatic rings. The summed E-state index contributed by atoms with van der Waals surface area (Å²) < 4.78 is 5.26. The van der Waals surface area contributed by atoms with Gasteiger partial charge in [0.2, 0.25) is 16.0 Å². The van der Waals surface area contributed by atoms with Crippen LogP contribution in [-0.4, -0.2) is 40.3 Å². The van der Waals surface area contributed by atoms with Crippen LogP contribution in [0.1, 0.15) is 10.6 Å². The molecule has 0 atom stereocenters. The molecule has 0 saturated carbocycles. The molecule has 8 nitrogen and oxygen atoms in total. The number of carbonyl (C=O) groups is 1. The van der Waals surface area contributed by atoms with E-state index in [4.69, 9.17) is 4.52 Å². The van der Waals surface area contributed by atoms with Crippen molar-refractivity contribution in [3.63, 3.8) is 0 Å². The number of benzene rings is 1. The fourth-order valence-corrected chi connectivity index (χ4v) is 2.97. The molecule has 1 aromatic carbocycles. The molecular formula is C15H12N6O2S. The first-order valence-corrected chi connectivity index (χ1v) is 7.90. The average Bonchev–Trinajstić information content (AvgIpc) is 3.21. The number of hydrogen-bond acceptors (Lipinski definition) is 8. The van der Waals surface area contributed by atoms with Crippen LogP contribution in [0, 0.1) is 0 Å². The van der Waals surface area contributed by atoms with Crippen LogP contribution in [-0.2, 0) is 0 Å². The Hall–Kier alpha value is -3.07. The SMILES string of the molecule is CN(C)c1nnc(NC(=O)c2onc3c2ccc2cccnc23)s1. The molecule has 120 valence electrons. The second-order valence-electron chi connectivity index (χ2n) is 5.29. The maximum Gasteiger partial charge on any atom is 0.296 e. The molecule has 0 fully saturated rings. The number of carbonyl (C=O) groups excluding carboxylic acids is 1. The van der Waals surface area contributed by atoms with E-state index in [0.717, 1.165) is 5.39 Å². The van der Waals surface area contributed by atoms with E-state index in [1.165, 1.54) is 11.3 Å². The van der Waals surface area contributed by atoms with Gasteiger partial charge in [-0.05, 0) is 12.1 Å². The Morgan fingerprint density at radius 3 is 2.88 bits per heavy atom. The predicted octanol–water partition coefficient (Wildman–Crippen LogP) is 2.55. The standard InChI is InChI=1S/C15H12N6O2S/c1-21(2)15-19-18-14(24-15)17-13(22)12-9-6-5-8-4-3-7-16-10(8)11(9)20-23-12/h3-7H,1-2H3,(H,17,18,22). The molecule has 0 spiro atoms. The third kappa shape index (κ3) is 2.35. The zero-order valence-corrected chi connectivity index (χ0v) is 13.7. The fourth-order valence-electron chi connectivity index (χ4n) is 2.31. The minimum absolute atomic E-state index is 0.124. The van der Waals surface area contributed by atoms with Gasteiger partial charge in [-0.2, -0.15) is 0 Å². The fraction of sp³-hybridized carbons (Fsp3) is 0.133. The van der Waals surface area contributed by atoms with E-state index in [1.807, 2.05) is 37.2 Å². The first-order valence-electron chi connectivity index (χ1n) is 7.09. The number of anilines is 2.